The number of carboxylic acid groups (broad SMARTS) is 1. The van der Waals surface area contributed by atoms with Gasteiger partial charge in [0.25, 0.3) is 0 Å². The number of aryl methyl sites for hydroxylation is 1. The van der Waals surface area contributed by atoms with E-state index in [-0.39, 0.29) is 11.5 Å². The molecule has 7 nitrogen and oxygen atoms in total. The smallest absolute Gasteiger partial charge is 0.335 e. The van der Waals surface area contributed by atoms with Crippen molar-refractivity contribution < 1.29 is 14.7 Å². The van der Waals surface area contributed by atoms with E-state index in [0.717, 1.165) is 16.4 Å². The van der Waals surface area contributed by atoms with Gasteiger partial charge in [-0.1, -0.05) is 47.7 Å². The minimum atomic E-state index is -1.01. The molecule has 1 amide bonds. The lowest BCUT2D eigenvalue weighted by Gasteiger charge is -2.14. The van der Waals surface area contributed by atoms with E-state index in [1.54, 1.807) is 30.8 Å². The molecule has 1 heterocycles. The van der Waals surface area contributed by atoms with Gasteiger partial charge in [0, 0.05) is 16.3 Å². The normalized spacial score (nSPS) is 11.7. The largest absolute Gasteiger partial charge is 0.478 e. The van der Waals surface area contributed by atoms with Crippen molar-refractivity contribution in [3.05, 3.63) is 95.8 Å². The molecule has 0 aliphatic rings. The van der Waals surface area contributed by atoms with E-state index in [9.17, 15) is 9.59 Å². The first-order chi connectivity index (χ1) is 16.9. The van der Waals surface area contributed by atoms with Gasteiger partial charge in [0.1, 0.15) is 5.82 Å². The molecule has 3 aromatic carbocycles. The molecule has 0 saturated carbocycles. The third-order valence-electron chi connectivity index (χ3n) is 5.15. The summed E-state index contributed by atoms with van der Waals surface area (Å²) < 4.78 is 1.98. The first-order valence-electron chi connectivity index (χ1n) is 10.9. The quantitative estimate of drug-likeness (QED) is 0.283. The zero-order valence-corrected chi connectivity index (χ0v) is 20.8. The zero-order valence-electron chi connectivity index (χ0n) is 19.2. The molecular formula is C26H24N4O3S2. The van der Waals surface area contributed by atoms with E-state index >= 15 is 0 Å². The highest BCUT2D eigenvalue weighted by atomic mass is 32.2. The Labute approximate surface area is 212 Å². The van der Waals surface area contributed by atoms with E-state index in [1.807, 2.05) is 34.9 Å². The maximum atomic E-state index is 12.8. The maximum absolute atomic E-state index is 12.8. The summed E-state index contributed by atoms with van der Waals surface area (Å²) in [6.45, 7) is 3.86. The highest BCUT2D eigenvalue weighted by molar-refractivity contribution is 8.00. The van der Waals surface area contributed by atoms with Crippen LogP contribution in [0.15, 0.2) is 88.9 Å². The fourth-order valence-electron chi connectivity index (χ4n) is 3.24. The highest BCUT2D eigenvalue weighted by Crippen LogP contribution is 2.29. The molecule has 178 valence electrons. The van der Waals surface area contributed by atoms with Gasteiger partial charge in [-0.2, -0.15) is 0 Å². The van der Waals surface area contributed by atoms with Gasteiger partial charge in [-0.25, -0.2) is 4.79 Å². The minimum Gasteiger partial charge on any atom is -0.478 e. The van der Waals surface area contributed by atoms with E-state index in [4.69, 9.17) is 5.11 Å². The number of carbonyl (C=O) groups excluding carboxylic acids is 1. The molecule has 4 rings (SSSR count). The third-order valence-corrected chi connectivity index (χ3v) is 7.21. The second kappa shape index (κ2) is 11.2. The molecule has 1 aromatic heterocycles. The Morgan fingerprint density at radius 1 is 0.971 bits per heavy atom. The van der Waals surface area contributed by atoms with Gasteiger partial charge in [-0.3, -0.25) is 9.36 Å². The summed E-state index contributed by atoms with van der Waals surface area (Å²) in [7, 11) is 0. The number of para-hydroxylation sites is 1. The number of amides is 1. The van der Waals surface area contributed by atoms with Crippen LogP contribution in [0.4, 0.5) is 5.69 Å². The van der Waals surface area contributed by atoms with Crippen LogP contribution in [0.3, 0.4) is 0 Å². The number of thioether (sulfide) groups is 2. The molecule has 0 bridgehead atoms. The third kappa shape index (κ3) is 6.32. The Bertz CT molecular complexity index is 1310. The monoisotopic (exact) mass is 504 g/mol. The molecule has 1 unspecified atom stereocenters. The number of hydrogen-bond donors (Lipinski definition) is 2. The van der Waals surface area contributed by atoms with Crippen molar-refractivity contribution >= 4 is 41.1 Å². The first-order valence-corrected chi connectivity index (χ1v) is 12.8. The number of nitrogens with zero attached hydrogens (tertiary/aromatic N) is 3. The molecule has 9 heteroatoms. The number of rotatable bonds is 9. The van der Waals surface area contributed by atoms with Crippen LogP contribution in [-0.4, -0.2) is 37.0 Å². The number of hydrogen-bond acceptors (Lipinski definition) is 6. The van der Waals surface area contributed by atoms with Crippen molar-refractivity contribution in [3.63, 3.8) is 0 Å². The number of anilines is 1. The number of carbonyl (C=O) groups is 2. The van der Waals surface area contributed by atoms with E-state index in [0.29, 0.717) is 16.6 Å². The van der Waals surface area contributed by atoms with Crippen molar-refractivity contribution in [1.82, 2.24) is 14.8 Å². The Hall–Kier alpha value is -3.56. The first kappa shape index (κ1) is 24.6. The summed E-state index contributed by atoms with van der Waals surface area (Å²) in [5.74, 6) is 0.197. The summed E-state index contributed by atoms with van der Waals surface area (Å²) in [5.41, 5.74) is 2.84. The van der Waals surface area contributed by atoms with Crippen LogP contribution in [0.2, 0.25) is 0 Å². The maximum Gasteiger partial charge on any atom is 0.335 e. The Kier molecular flexibility index (Phi) is 7.89. The Morgan fingerprint density at radius 2 is 1.66 bits per heavy atom. The van der Waals surface area contributed by atoms with Crippen molar-refractivity contribution in [3.8, 4) is 5.69 Å². The fourth-order valence-corrected chi connectivity index (χ4v) is 4.94. The van der Waals surface area contributed by atoms with Crippen molar-refractivity contribution in [2.45, 2.75) is 34.9 Å². The second-order valence-electron chi connectivity index (χ2n) is 7.80. The van der Waals surface area contributed by atoms with Crippen LogP contribution in [-0.2, 0) is 10.5 Å². The number of aromatic carboxylic acids is 1. The van der Waals surface area contributed by atoms with Gasteiger partial charge >= 0.3 is 5.97 Å². The van der Waals surface area contributed by atoms with Crippen LogP contribution >= 0.6 is 23.5 Å². The number of nitrogens with one attached hydrogen (secondary N) is 1. The van der Waals surface area contributed by atoms with Gasteiger partial charge in [0.15, 0.2) is 5.16 Å². The van der Waals surface area contributed by atoms with E-state index in [2.05, 4.69) is 46.7 Å². The summed E-state index contributed by atoms with van der Waals surface area (Å²) in [6, 6.07) is 24.3. The molecule has 1 atom stereocenters. The van der Waals surface area contributed by atoms with Gasteiger partial charge in [0.05, 0.1) is 16.6 Å². The number of carboxylic acids is 1. The van der Waals surface area contributed by atoms with Crippen LogP contribution in [0.1, 0.15) is 28.7 Å². The molecule has 35 heavy (non-hydrogen) atoms. The van der Waals surface area contributed by atoms with Crippen LogP contribution in [0.25, 0.3) is 5.69 Å². The number of aromatic nitrogens is 3. The van der Waals surface area contributed by atoms with Crippen molar-refractivity contribution in [2.75, 3.05) is 5.32 Å². The van der Waals surface area contributed by atoms with Gasteiger partial charge in [-0.15, -0.1) is 22.0 Å². The standard InChI is InChI=1S/C26H24N4O3S2/c1-17-8-14-22(15-9-17)34-16-23-28-29-26(30(23)21-6-4-3-5-7-21)35-18(2)24(31)27-20-12-10-19(11-13-20)25(32)33/h3-15,18H,16H2,1-2H3,(H,27,31)(H,32,33). The van der Waals surface area contributed by atoms with Gasteiger partial charge in [0.2, 0.25) is 5.91 Å². The SMILES string of the molecule is Cc1ccc(SCc2nnc(SC(C)C(=O)Nc3ccc(C(=O)O)cc3)n2-c2ccccc2)cc1. The fraction of sp³-hybridized carbons (Fsp3) is 0.154. The van der Waals surface area contributed by atoms with Crippen LogP contribution < -0.4 is 5.32 Å². The predicted molar refractivity (Wildman–Crippen MR) is 139 cm³/mol. The lowest BCUT2D eigenvalue weighted by atomic mass is 10.2. The molecule has 0 spiro atoms. The molecule has 0 radical (unpaired) electrons. The van der Waals surface area contributed by atoms with E-state index < -0.39 is 11.2 Å². The average Bonchev–Trinajstić information content (AvgIpc) is 3.26. The molecule has 0 fully saturated rings. The number of benzene rings is 3. The predicted octanol–water partition coefficient (Wildman–Crippen LogP) is 5.69. The lowest BCUT2D eigenvalue weighted by Crippen LogP contribution is -2.23. The minimum absolute atomic E-state index is 0.164. The summed E-state index contributed by atoms with van der Waals surface area (Å²) in [5, 5.41) is 20.9. The molecule has 0 aliphatic heterocycles. The van der Waals surface area contributed by atoms with Crippen molar-refractivity contribution in [1.29, 1.82) is 0 Å². The summed E-state index contributed by atoms with van der Waals surface area (Å²) in [4.78, 5) is 25.0. The molecule has 0 aliphatic carbocycles. The zero-order chi connectivity index (χ0) is 24.8. The Balaban J connectivity index is 1.50. The topological polar surface area (TPSA) is 97.1 Å². The van der Waals surface area contributed by atoms with Gasteiger partial charge in [-0.05, 0) is 62.4 Å². The molecule has 2 N–H and O–H groups in total. The van der Waals surface area contributed by atoms with E-state index in [1.165, 1.54) is 29.5 Å². The average molecular weight is 505 g/mol. The molecular weight excluding hydrogens is 480 g/mol. The lowest BCUT2D eigenvalue weighted by molar-refractivity contribution is -0.115. The highest BCUT2D eigenvalue weighted by Gasteiger charge is 2.21. The van der Waals surface area contributed by atoms with Gasteiger partial charge < -0.3 is 10.4 Å². The molecule has 0 saturated heterocycles. The molecule has 4 aromatic rings. The second-order valence-corrected chi connectivity index (χ2v) is 10.2. The van der Waals surface area contributed by atoms with Crippen LogP contribution in [0.5, 0.6) is 0 Å². The summed E-state index contributed by atoms with van der Waals surface area (Å²) >= 11 is 3.00. The van der Waals surface area contributed by atoms with Crippen LogP contribution in [0, 0.1) is 6.92 Å². The Morgan fingerprint density at radius 3 is 2.31 bits per heavy atom. The van der Waals surface area contributed by atoms with Crippen molar-refractivity contribution in [2.24, 2.45) is 0 Å². The summed E-state index contributed by atoms with van der Waals surface area (Å²) in [6.07, 6.45) is 0.